The Balaban J connectivity index is 1.85. The average Bonchev–Trinajstić information content (AvgIpc) is 3.00. The monoisotopic (exact) mass is 321 g/mol. The second kappa shape index (κ2) is 4.73. The van der Waals surface area contributed by atoms with E-state index in [1.54, 1.807) is 0 Å². The molecule has 0 bridgehead atoms. The fraction of sp³-hybridized carbons (Fsp3) is 0.545. The number of ether oxygens (including phenoxy) is 1. The van der Waals surface area contributed by atoms with Gasteiger partial charge >= 0.3 is 5.97 Å². The van der Waals surface area contributed by atoms with E-state index in [1.165, 1.54) is 16.6 Å². The zero-order valence-corrected chi connectivity index (χ0v) is 11.8. The lowest BCUT2D eigenvalue weighted by molar-refractivity contribution is -0.142. The summed E-state index contributed by atoms with van der Waals surface area (Å²) in [5, 5.41) is 8.90. The lowest BCUT2D eigenvalue weighted by atomic mass is 9.94. The maximum Gasteiger partial charge on any atom is 0.309 e. The van der Waals surface area contributed by atoms with Gasteiger partial charge in [-0.15, -0.1) is 0 Å². The first kappa shape index (κ1) is 13.9. The maximum absolute atomic E-state index is 12.4. The highest BCUT2D eigenvalue weighted by atomic mass is 35.5. The molecule has 3 rings (SSSR count). The molecule has 7 nitrogen and oxygen atoms in total. The summed E-state index contributed by atoms with van der Waals surface area (Å²) in [4.78, 5) is 11.0. The van der Waals surface area contributed by atoms with Crippen molar-refractivity contribution in [2.45, 2.75) is 11.0 Å². The van der Waals surface area contributed by atoms with Gasteiger partial charge in [0.1, 0.15) is 4.90 Å². The summed E-state index contributed by atoms with van der Waals surface area (Å²) in [6.45, 7) is 0.384. The Bertz CT molecular complexity index is 641. The molecular formula is C11H12ClNO6S. The fourth-order valence-corrected chi connectivity index (χ4v) is 4.61. The Kier molecular flexibility index (Phi) is 3.28. The van der Waals surface area contributed by atoms with Crippen molar-refractivity contribution in [2.75, 3.05) is 19.7 Å². The van der Waals surface area contributed by atoms with Crippen LogP contribution in [0.3, 0.4) is 0 Å². The summed E-state index contributed by atoms with van der Waals surface area (Å²) in [6, 6.07) is 1.28. The zero-order chi connectivity index (χ0) is 14.5. The van der Waals surface area contributed by atoms with Gasteiger partial charge in [0, 0.05) is 19.0 Å². The number of halogens is 1. The third-order valence-electron chi connectivity index (χ3n) is 3.80. The van der Waals surface area contributed by atoms with E-state index < -0.39 is 21.9 Å². The van der Waals surface area contributed by atoms with Crippen molar-refractivity contribution in [3.63, 3.8) is 0 Å². The van der Waals surface area contributed by atoms with Gasteiger partial charge in [-0.05, 0) is 17.7 Å². The van der Waals surface area contributed by atoms with Crippen LogP contribution in [0, 0.1) is 11.8 Å². The minimum atomic E-state index is -3.78. The molecule has 0 aromatic carbocycles. The predicted octanol–water partition coefficient (Wildman–Crippen LogP) is 0.653. The molecule has 1 aromatic rings. The van der Waals surface area contributed by atoms with Gasteiger partial charge in [0.2, 0.25) is 15.2 Å². The van der Waals surface area contributed by atoms with Crippen LogP contribution in [0.4, 0.5) is 0 Å². The Morgan fingerprint density at radius 2 is 2.20 bits per heavy atom. The molecule has 0 unspecified atom stereocenters. The zero-order valence-electron chi connectivity index (χ0n) is 10.2. The van der Waals surface area contributed by atoms with E-state index in [2.05, 4.69) is 0 Å². The highest BCUT2D eigenvalue weighted by Crippen LogP contribution is 2.37. The van der Waals surface area contributed by atoms with Crippen molar-refractivity contribution in [2.24, 2.45) is 11.8 Å². The molecule has 2 aliphatic heterocycles. The SMILES string of the molecule is O=C(O)[C@@H]1CO[C@@H]2CN(S(=O)(=O)c3ccoc3Cl)C[C@@H]21. The highest BCUT2D eigenvalue weighted by molar-refractivity contribution is 7.89. The highest BCUT2D eigenvalue weighted by Gasteiger charge is 2.50. The molecule has 3 atom stereocenters. The van der Waals surface area contributed by atoms with Crippen molar-refractivity contribution >= 4 is 27.6 Å². The number of rotatable bonds is 3. The molecule has 0 radical (unpaired) electrons. The van der Waals surface area contributed by atoms with Crippen LogP contribution < -0.4 is 0 Å². The molecule has 9 heteroatoms. The molecule has 0 aliphatic carbocycles. The molecule has 110 valence electrons. The molecule has 1 N–H and O–H groups in total. The van der Waals surface area contributed by atoms with Gasteiger partial charge in [0.25, 0.3) is 0 Å². The summed E-state index contributed by atoms with van der Waals surface area (Å²) < 4.78 is 36.2. The van der Waals surface area contributed by atoms with Crippen LogP contribution in [-0.4, -0.2) is 49.6 Å². The minimum Gasteiger partial charge on any atom is -0.481 e. The molecular weight excluding hydrogens is 310 g/mol. The van der Waals surface area contributed by atoms with Crippen molar-refractivity contribution < 1.29 is 27.5 Å². The number of hydrogen-bond acceptors (Lipinski definition) is 5. The molecule has 0 saturated carbocycles. The first-order chi connectivity index (χ1) is 9.41. The number of carboxylic acid groups (broad SMARTS) is 1. The Morgan fingerprint density at radius 3 is 2.80 bits per heavy atom. The maximum atomic E-state index is 12.4. The van der Waals surface area contributed by atoms with Gasteiger partial charge in [-0.1, -0.05) is 0 Å². The number of sulfonamides is 1. The summed E-state index contributed by atoms with van der Waals surface area (Å²) in [7, 11) is -3.78. The van der Waals surface area contributed by atoms with Gasteiger partial charge in [-0.25, -0.2) is 8.42 Å². The van der Waals surface area contributed by atoms with E-state index in [4.69, 9.17) is 25.9 Å². The number of furan rings is 1. The normalized spacial score (nSPS) is 30.6. The van der Waals surface area contributed by atoms with Crippen molar-refractivity contribution in [3.8, 4) is 0 Å². The Labute approximate surface area is 120 Å². The van der Waals surface area contributed by atoms with Crippen molar-refractivity contribution in [3.05, 3.63) is 17.5 Å². The lowest BCUT2D eigenvalue weighted by Gasteiger charge is -2.17. The van der Waals surface area contributed by atoms with Crippen LogP contribution in [0.1, 0.15) is 0 Å². The van der Waals surface area contributed by atoms with Crippen molar-refractivity contribution in [1.29, 1.82) is 0 Å². The first-order valence-electron chi connectivity index (χ1n) is 5.99. The number of hydrogen-bond donors (Lipinski definition) is 1. The molecule has 0 amide bonds. The number of carboxylic acids is 1. The number of fused-ring (bicyclic) bond motifs is 1. The van der Waals surface area contributed by atoms with E-state index in [1.807, 2.05) is 0 Å². The fourth-order valence-electron chi connectivity index (χ4n) is 2.73. The first-order valence-corrected chi connectivity index (χ1v) is 7.80. The standard InChI is InChI=1S/C11H12ClNO6S/c12-10-9(1-2-18-10)20(16,17)13-3-6-7(11(14)15)5-19-8(6)4-13/h1-2,6-8H,3-5H2,(H,14,15)/t6-,7-,8-/m1/s1. The van der Waals surface area contributed by atoms with Gasteiger partial charge < -0.3 is 14.3 Å². The quantitative estimate of drug-likeness (QED) is 0.878. The van der Waals surface area contributed by atoms with Crippen molar-refractivity contribution in [1.82, 2.24) is 4.31 Å². The predicted molar refractivity (Wildman–Crippen MR) is 66.8 cm³/mol. The summed E-state index contributed by atoms with van der Waals surface area (Å²) >= 11 is 5.70. The van der Waals surface area contributed by atoms with E-state index in [9.17, 15) is 13.2 Å². The van der Waals surface area contributed by atoms with Crippen LogP contribution in [0.2, 0.25) is 5.22 Å². The number of nitrogens with zero attached hydrogens (tertiary/aromatic N) is 1. The van der Waals surface area contributed by atoms with Crippen LogP contribution in [0.15, 0.2) is 21.6 Å². The molecule has 20 heavy (non-hydrogen) atoms. The van der Waals surface area contributed by atoms with Crippen LogP contribution in [-0.2, 0) is 19.6 Å². The average molecular weight is 322 g/mol. The Morgan fingerprint density at radius 1 is 1.45 bits per heavy atom. The molecule has 0 spiro atoms. The number of carbonyl (C=O) groups is 1. The molecule has 3 heterocycles. The summed E-state index contributed by atoms with van der Waals surface area (Å²) in [6.07, 6.45) is 0.819. The lowest BCUT2D eigenvalue weighted by Crippen LogP contribution is -2.32. The topological polar surface area (TPSA) is 97.0 Å². The molecule has 2 fully saturated rings. The number of aliphatic carboxylic acids is 1. The Hall–Kier alpha value is -1.09. The van der Waals surface area contributed by atoms with Crippen LogP contribution >= 0.6 is 11.6 Å². The van der Waals surface area contributed by atoms with Crippen LogP contribution in [0.5, 0.6) is 0 Å². The van der Waals surface area contributed by atoms with E-state index in [0.717, 1.165) is 0 Å². The summed E-state index contributed by atoms with van der Waals surface area (Å²) in [5.74, 6) is -1.95. The third-order valence-corrected chi connectivity index (χ3v) is 6.06. The molecule has 1 aromatic heterocycles. The van der Waals surface area contributed by atoms with E-state index in [-0.39, 0.29) is 41.8 Å². The largest absolute Gasteiger partial charge is 0.481 e. The smallest absolute Gasteiger partial charge is 0.309 e. The second-order valence-corrected chi connectivity index (χ2v) is 7.11. The third kappa shape index (κ3) is 2.03. The van der Waals surface area contributed by atoms with E-state index in [0.29, 0.717) is 0 Å². The summed E-state index contributed by atoms with van der Waals surface area (Å²) in [5.41, 5.74) is 0. The van der Waals surface area contributed by atoms with Gasteiger partial charge in [0.05, 0.1) is 24.9 Å². The van der Waals surface area contributed by atoms with Gasteiger partial charge in [-0.2, -0.15) is 4.31 Å². The van der Waals surface area contributed by atoms with Crippen LogP contribution in [0.25, 0.3) is 0 Å². The van der Waals surface area contributed by atoms with Gasteiger partial charge in [-0.3, -0.25) is 4.79 Å². The molecule has 2 aliphatic rings. The van der Waals surface area contributed by atoms with Gasteiger partial charge in [0.15, 0.2) is 0 Å². The second-order valence-electron chi connectivity index (χ2n) is 4.86. The minimum absolute atomic E-state index is 0.106. The molecule has 2 saturated heterocycles. The van der Waals surface area contributed by atoms with E-state index >= 15 is 0 Å².